The molecule has 1 unspecified atom stereocenters. The molecule has 1 rings (SSSR count). The summed E-state index contributed by atoms with van der Waals surface area (Å²) in [6.07, 6.45) is 4.68. The van der Waals surface area contributed by atoms with E-state index in [-0.39, 0.29) is 5.41 Å². The van der Waals surface area contributed by atoms with Crippen molar-refractivity contribution in [2.75, 3.05) is 0 Å². The summed E-state index contributed by atoms with van der Waals surface area (Å²) in [4.78, 5) is 8.95. The molecule has 2 nitrogen and oxygen atoms in total. The molecule has 0 saturated heterocycles. The second-order valence-electron chi connectivity index (χ2n) is 4.00. The molecule has 0 aliphatic heterocycles. The molecule has 0 aromatic carbocycles. The molecule has 0 radical (unpaired) electrons. The van der Waals surface area contributed by atoms with E-state index in [2.05, 4.69) is 13.8 Å². The first-order valence-corrected chi connectivity index (χ1v) is 5.40. The lowest BCUT2D eigenvalue weighted by atomic mass is 9.82. The average molecular weight is 186 g/mol. The van der Waals surface area contributed by atoms with Crippen molar-refractivity contribution < 1.29 is 9.46 Å². The quantitative estimate of drug-likeness (QED) is 0.639. The van der Waals surface area contributed by atoms with Crippen LogP contribution in [0, 0.1) is 5.41 Å². The third-order valence-electron chi connectivity index (χ3n) is 2.11. The molecule has 0 saturated carbocycles. The Labute approximate surface area is 73.9 Å². The molecule has 12 heavy (non-hydrogen) atoms. The summed E-state index contributed by atoms with van der Waals surface area (Å²) >= 11 is 0. The van der Waals surface area contributed by atoms with Gasteiger partial charge in [0.1, 0.15) is 0 Å². The minimum atomic E-state index is -2.49. The SMILES string of the molecule is CC1=C([PH](=O)O)C=CC(C)(C)C1. The first kappa shape index (κ1) is 9.76. The molecule has 1 N–H and O–H groups in total. The van der Waals surface area contributed by atoms with Crippen LogP contribution in [0.25, 0.3) is 0 Å². The second kappa shape index (κ2) is 3.20. The van der Waals surface area contributed by atoms with Crippen LogP contribution in [0.2, 0.25) is 0 Å². The molecular formula is C9H15O2P. The van der Waals surface area contributed by atoms with Crippen LogP contribution in [0.3, 0.4) is 0 Å². The van der Waals surface area contributed by atoms with Gasteiger partial charge in [0.15, 0.2) is 0 Å². The van der Waals surface area contributed by atoms with E-state index in [4.69, 9.17) is 4.89 Å². The van der Waals surface area contributed by atoms with Crippen LogP contribution in [-0.2, 0) is 4.57 Å². The van der Waals surface area contributed by atoms with Crippen molar-refractivity contribution in [1.82, 2.24) is 0 Å². The largest absolute Gasteiger partial charge is 0.343 e. The van der Waals surface area contributed by atoms with Crippen LogP contribution >= 0.6 is 8.03 Å². The van der Waals surface area contributed by atoms with Crippen LogP contribution in [0.1, 0.15) is 27.2 Å². The first-order valence-electron chi connectivity index (χ1n) is 4.05. The Kier molecular flexibility index (Phi) is 2.60. The van der Waals surface area contributed by atoms with Crippen molar-refractivity contribution in [1.29, 1.82) is 0 Å². The Bertz CT molecular complexity index is 274. The first-order chi connectivity index (χ1) is 5.42. The van der Waals surface area contributed by atoms with E-state index in [0.717, 1.165) is 12.0 Å². The molecule has 0 bridgehead atoms. The molecule has 1 aliphatic rings. The van der Waals surface area contributed by atoms with Crippen LogP contribution in [-0.4, -0.2) is 4.89 Å². The van der Waals surface area contributed by atoms with Crippen molar-refractivity contribution in [3.8, 4) is 0 Å². The fraction of sp³-hybridized carbons (Fsp3) is 0.556. The monoisotopic (exact) mass is 186 g/mol. The molecule has 1 atom stereocenters. The third kappa shape index (κ3) is 2.09. The molecule has 0 amide bonds. The predicted octanol–water partition coefficient (Wildman–Crippen LogP) is 2.71. The molecular weight excluding hydrogens is 171 g/mol. The lowest BCUT2D eigenvalue weighted by molar-refractivity contribution is 0.466. The summed E-state index contributed by atoms with van der Waals surface area (Å²) in [7, 11) is -2.49. The zero-order chi connectivity index (χ0) is 9.35. The van der Waals surface area contributed by atoms with Gasteiger partial charge in [-0.05, 0) is 18.8 Å². The molecule has 3 heteroatoms. The topological polar surface area (TPSA) is 37.3 Å². The van der Waals surface area contributed by atoms with Gasteiger partial charge in [-0.1, -0.05) is 31.6 Å². The molecule has 0 spiro atoms. The van der Waals surface area contributed by atoms with Gasteiger partial charge in [0, 0.05) is 5.31 Å². The Hall–Kier alpha value is -0.330. The molecule has 0 aromatic heterocycles. The van der Waals surface area contributed by atoms with Gasteiger partial charge in [0.2, 0.25) is 8.03 Å². The predicted molar refractivity (Wildman–Crippen MR) is 51.5 cm³/mol. The van der Waals surface area contributed by atoms with Crippen LogP contribution in [0.5, 0.6) is 0 Å². The van der Waals surface area contributed by atoms with Crippen LogP contribution < -0.4 is 0 Å². The Morgan fingerprint density at radius 3 is 2.58 bits per heavy atom. The van der Waals surface area contributed by atoms with Gasteiger partial charge < -0.3 is 4.89 Å². The third-order valence-corrected chi connectivity index (χ3v) is 3.17. The molecule has 68 valence electrons. The van der Waals surface area contributed by atoms with Gasteiger partial charge in [-0.2, -0.15) is 0 Å². The zero-order valence-corrected chi connectivity index (χ0v) is 8.72. The Balaban J connectivity index is 2.95. The van der Waals surface area contributed by atoms with Crippen molar-refractivity contribution >= 4 is 8.03 Å². The van der Waals surface area contributed by atoms with Crippen molar-refractivity contribution in [3.05, 3.63) is 23.0 Å². The van der Waals surface area contributed by atoms with Gasteiger partial charge in [-0.25, -0.2) is 0 Å². The summed E-state index contributed by atoms with van der Waals surface area (Å²) in [5.74, 6) is 0. The highest BCUT2D eigenvalue weighted by Crippen LogP contribution is 2.41. The Morgan fingerprint density at radius 2 is 2.17 bits per heavy atom. The van der Waals surface area contributed by atoms with Gasteiger partial charge in [0.05, 0.1) is 0 Å². The van der Waals surface area contributed by atoms with E-state index < -0.39 is 8.03 Å². The van der Waals surface area contributed by atoms with E-state index >= 15 is 0 Å². The average Bonchev–Trinajstić information content (AvgIpc) is 1.83. The van der Waals surface area contributed by atoms with Crippen LogP contribution in [0.4, 0.5) is 0 Å². The molecule has 0 aromatic rings. The van der Waals surface area contributed by atoms with E-state index in [0.29, 0.717) is 5.31 Å². The molecule has 0 heterocycles. The van der Waals surface area contributed by atoms with E-state index in [1.807, 2.05) is 13.0 Å². The highest BCUT2D eigenvalue weighted by molar-refractivity contribution is 7.43. The summed E-state index contributed by atoms with van der Waals surface area (Å²) in [6, 6.07) is 0. The fourth-order valence-corrected chi connectivity index (χ4v) is 2.22. The maximum Gasteiger partial charge on any atom is 0.218 e. The number of hydrogen-bond donors (Lipinski definition) is 1. The van der Waals surface area contributed by atoms with E-state index in [1.54, 1.807) is 6.08 Å². The number of hydrogen-bond acceptors (Lipinski definition) is 1. The van der Waals surface area contributed by atoms with Gasteiger partial charge in [-0.3, -0.25) is 4.57 Å². The van der Waals surface area contributed by atoms with Crippen LogP contribution in [0.15, 0.2) is 23.0 Å². The normalized spacial score (nSPS) is 24.3. The zero-order valence-electron chi connectivity index (χ0n) is 7.72. The van der Waals surface area contributed by atoms with E-state index in [9.17, 15) is 4.57 Å². The highest BCUT2D eigenvalue weighted by atomic mass is 31.1. The fourth-order valence-electron chi connectivity index (χ4n) is 1.54. The smallest absolute Gasteiger partial charge is 0.218 e. The van der Waals surface area contributed by atoms with Crippen molar-refractivity contribution in [3.63, 3.8) is 0 Å². The molecule has 1 aliphatic carbocycles. The second-order valence-corrected chi connectivity index (χ2v) is 5.15. The van der Waals surface area contributed by atoms with Gasteiger partial charge >= 0.3 is 0 Å². The maximum absolute atomic E-state index is 10.9. The summed E-state index contributed by atoms with van der Waals surface area (Å²) in [6.45, 7) is 6.18. The summed E-state index contributed by atoms with van der Waals surface area (Å²) in [5.41, 5.74) is 1.19. The lowest BCUT2D eigenvalue weighted by Gasteiger charge is -2.25. The maximum atomic E-state index is 10.9. The van der Waals surface area contributed by atoms with E-state index in [1.165, 1.54) is 0 Å². The minimum Gasteiger partial charge on any atom is -0.343 e. The van der Waals surface area contributed by atoms with Crippen molar-refractivity contribution in [2.45, 2.75) is 27.2 Å². The van der Waals surface area contributed by atoms with Gasteiger partial charge in [0.25, 0.3) is 0 Å². The number of allylic oxidation sites excluding steroid dienone is 4. The standard InChI is InChI=1S/C9H15O2P/c1-7-6-9(2,3)5-4-8(7)12(10)11/h4-5,12H,6H2,1-3H3,(H,10,11). The summed E-state index contributed by atoms with van der Waals surface area (Å²) in [5, 5.41) is 0.638. The van der Waals surface area contributed by atoms with Crippen molar-refractivity contribution in [2.24, 2.45) is 5.41 Å². The molecule has 0 fully saturated rings. The van der Waals surface area contributed by atoms with Gasteiger partial charge in [-0.15, -0.1) is 0 Å². The Morgan fingerprint density at radius 1 is 1.58 bits per heavy atom. The minimum absolute atomic E-state index is 0.144. The summed E-state index contributed by atoms with van der Waals surface area (Å²) < 4.78 is 10.9. The lowest BCUT2D eigenvalue weighted by Crippen LogP contribution is -2.11. The highest BCUT2D eigenvalue weighted by Gasteiger charge is 2.21. The number of rotatable bonds is 1.